The van der Waals surface area contributed by atoms with Gasteiger partial charge in [-0.15, -0.1) is 0 Å². The molecule has 3 aromatic rings. The summed E-state index contributed by atoms with van der Waals surface area (Å²) in [4.78, 5) is 12.3. The van der Waals surface area contributed by atoms with Gasteiger partial charge in [-0.25, -0.2) is 13.1 Å². The van der Waals surface area contributed by atoms with Gasteiger partial charge < -0.3 is 10.1 Å². The van der Waals surface area contributed by atoms with E-state index in [0.29, 0.717) is 0 Å². The van der Waals surface area contributed by atoms with E-state index >= 15 is 0 Å². The average Bonchev–Trinajstić information content (AvgIpc) is 2.76. The Bertz CT molecular complexity index is 1190. The zero-order valence-corrected chi connectivity index (χ0v) is 19.6. The number of sulfonamides is 1. The number of nitrogens with one attached hydrogen (secondary N) is 2. The number of amides is 1. The van der Waals surface area contributed by atoms with Crippen LogP contribution in [0.1, 0.15) is 29.7 Å². The summed E-state index contributed by atoms with van der Waals surface area (Å²) >= 11 is 6.23. The lowest BCUT2D eigenvalue weighted by Crippen LogP contribution is -2.27. The molecule has 168 valence electrons. The van der Waals surface area contributed by atoms with Crippen molar-refractivity contribution in [2.75, 3.05) is 11.9 Å². The number of ether oxygens (including phenoxy) is 1. The molecule has 0 aliphatic rings. The Balaban J connectivity index is 1.65. The highest BCUT2D eigenvalue weighted by Gasteiger charge is 2.20. The van der Waals surface area contributed by atoms with Crippen molar-refractivity contribution >= 4 is 33.2 Å². The van der Waals surface area contributed by atoms with E-state index in [4.69, 9.17) is 16.3 Å². The fourth-order valence-corrected chi connectivity index (χ4v) is 4.76. The van der Waals surface area contributed by atoms with Gasteiger partial charge in [-0.3, -0.25) is 4.79 Å². The van der Waals surface area contributed by atoms with Gasteiger partial charge >= 0.3 is 0 Å². The van der Waals surface area contributed by atoms with E-state index in [1.807, 2.05) is 62.4 Å². The third kappa shape index (κ3) is 5.88. The van der Waals surface area contributed by atoms with Gasteiger partial charge in [0, 0.05) is 11.7 Å². The SMILES string of the molecule is Cc1cccc(C)c1NC(=O)COc1ccc(S(=O)(=O)NC(C)c2ccccc2)cc1Cl. The summed E-state index contributed by atoms with van der Waals surface area (Å²) in [6.45, 7) is 5.32. The molecule has 6 nitrogen and oxygen atoms in total. The lowest BCUT2D eigenvalue weighted by Gasteiger charge is -2.16. The number of carbonyl (C=O) groups excluding carboxylic acids is 1. The number of hydrogen-bond acceptors (Lipinski definition) is 4. The third-order valence-electron chi connectivity index (χ3n) is 4.95. The maximum Gasteiger partial charge on any atom is 0.262 e. The van der Waals surface area contributed by atoms with Crippen molar-refractivity contribution in [1.82, 2.24) is 4.72 Å². The lowest BCUT2D eigenvalue weighted by molar-refractivity contribution is -0.118. The van der Waals surface area contributed by atoms with Gasteiger partial charge in [-0.05, 0) is 55.7 Å². The van der Waals surface area contributed by atoms with Crippen molar-refractivity contribution in [2.24, 2.45) is 0 Å². The fourth-order valence-electron chi connectivity index (χ4n) is 3.21. The molecular weight excluding hydrogens is 448 g/mol. The normalized spacial score (nSPS) is 12.2. The number of anilines is 1. The molecule has 1 amide bonds. The van der Waals surface area contributed by atoms with Crippen LogP contribution in [0, 0.1) is 13.8 Å². The summed E-state index contributed by atoms with van der Waals surface area (Å²) in [5, 5.41) is 2.93. The van der Waals surface area contributed by atoms with E-state index < -0.39 is 16.1 Å². The molecule has 0 radical (unpaired) electrons. The predicted octanol–water partition coefficient (Wildman–Crippen LogP) is 5.01. The van der Waals surface area contributed by atoms with Crippen molar-refractivity contribution in [2.45, 2.75) is 31.7 Å². The zero-order valence-electron chi connectivity index (χ0n) is 18.1. The monoisotopic (exact) mass is 472 g/mol. The molecule has 0 spiro atoms. The molecule has 0 fully saturated rings. The van der Waals surface area contributed by atoms with Crippen LogP contribution in [0.5, 0.6) is 5.75 Å². The average molecular weight is 473 g/mol. The molecule has 0 saturated carbocycles. The molecule has 0 aliphatic carbocycles. The second-order valence-corrected chi connectivity index (χ2v) is 9.57. The van der Waals surface area contributed by atoms with Crippen molar-refractivity contribution in [3.05, 3.63) is 88.4 Å². The maximum absolute atomic E-state index is 12.7. The number of para-hydroxylation sites is 1. The van der Waals surface area contributed by atoms with Gasteiger partial charge in [0.15, 0.2) is 6.61 Å². The van der Waals surface area contributed by atoms with Crippen LogP contribution in [0.4, 0.5) is 5.69 Å². The molecule has 8 heteroatoms. The molecule has 0 bridgehead atoms. The van der Waals surface area contributed by atoms with Gasteiger partial charge in [0.05, 0.1) is 9.92 Å². The highest BCUT2D eigenvalue weighted by atomic mass is 35.5. The molecule has 2 N–H and O–H groups in total. The van der Waals surface area contributed by atoms with Crippen molar-refractivity contribution in [1.29, 1.82) is 0 Å². The van der Waals surface area contributed by atoms with Crippen LogP contribution >= 0.6 is 11.6 Å². The quantitative estimate of drug-likeness (QED) is 0.482. The molecule has 1 unspecified atom stereocenters. The van der Waals surface area contributed by atoms with Crippen molar-refractivity contribution < 1.29 is 17.9 Å². The molecule has 1 atom stereocenters. The molecule has 0 aromatic heterocycles. The predicted molar refractivity (Wildman–Crippen MR) is 127 cm³/mol. The Morgan fingerprint density at radius 2 is 1.66 bits per heavy atom. The third-order valence-corrected chi connectivity index (χ3v) is 6.78. The maximum atomic E-state index is 12.7. The lowest BCUT2D eigenvalue weighted by atomic mass is 10.1. The summed E-state index contributed by atoms with van der Waals surface area (Å²) < 4.78 is 33.6. The second-order valence-electron chi connectivity index (χ2n) is 7.45. The number of rotatable bonds is 8. The Morgan fingerprint density at radius 1 is 1.00 bits per heavy atom. The first-order chi connectivity index (χ1) is 15.2. The summed E-state index contributed by atoms with van der Waals surface area (Å²) in [5.74, 6) is -0.119. The first kappa shape index (κ1) is 23.8. The standard InChI is InChI=1S/C24H25ClN2O4S/c1-16-8-7-9-17(2)24(16)26-23(28)15-31-22-13-12-20(14-21(22)25)32(29,30)27-18(3)19-10-5-4-6-11-19/h4-14,18,27H,15H2,1-3H3,(H,26,28). The topological polar surface area (TPSA) is 84.5 Å². The van der Waals surface area contributed by atoms with Gasteiger partial charge in [-0.1, -0.05) is 60.1 Å². The molecule has 3 aromatic carbocycles. The molecule has 3 rings (SSSR count). The van der Waals surface area contributed by atoms with E-state index in [9.17, 15) is 13.2 Å². The van der Waals surface area contributed by atoms with Crippen LogP contribution in [0.15, 0.2) is 71.6 Å². The molecule has 0 heterocycles. The first-order valence-corrected chi connectivity index (χ1v) is 11.9. The van der Waals surface area contributed by atoms with E-state index in [-0.39, 0.29) is 28.2 Å². The van der Waals surface area contributed by atoms with E-state index in [2.05, 4.69) is 10.0 Å². The van der Waals surface area contributed by atoms with Gasteiger partial charge in [-0.2, -0.15) is 0 Å². The van der Waals surface area contributed by atoms with Crippen LogP contribution in [-0.2, 0) is 14.8 Å². The summed E-state index contributed by atoms with van der Waals surface area (Å²) in [6.07, 6.45) is 0. The molecule has 32 heavy (non-hydrogen) atoms. The van der Waals surface area contributed by atoms with E-state index in [1.165, 1.54) is 18.2 Å². The number of hydrogen-bond donors (Lipinski definition) is 2. The van der Waals surface area contributed by atoms with E-state index in [0.717, 1.165) is 22.4 Å². The molecule has 0 aliphatic heterocycles. The number of benzene rings is 3. The number of aryl methyl sites for hydroxylation is 2. The van der Waals surface area contributed by atoms with Gasteiger partial charge in [0.2, 0.25) is 10.0 Å². The van der Waals surface area contributed by atoms with Gasteiger partial charge in [0.1, 0.15) is 5.75 Å². The Kier molecular flexibility index (Phi) is 7.56. The summed E-state index contributed by atoms with van der Waals surface area (Å²) in [7, 11) is -3.80. The summed E-state index contributed by atoms with van der Waals surface area (Å²) in [5.41, 5.74) is 3.48. The highest BCUT2D eigenvalue weighted by Crippen LogP contribution is 2.28. The van der Waals surface area contributed by atoms with Crippen LogP contribution in [-0.4, -0.2) is 20.9 Å². The molecular formula is C24H25ClN2O4S. The minimum atomic E-state index is -3.80. The minimum absolute atomic E-state index is 0.0117. The summed E-state index contributed by atoms with van der Waals surface area (Å²) in [6, 6.07) is 18.7. The van der Waals surface area contributed by atoms with Crippen molar-refractivity contribution in [3.8, 4) is 5.75 Å². The fraction of sp³-hybridized carbons (Fsp3) is 0.208. The van der Waals surface area contributed by atoms with Crippen LogP contribution < -0.4 is 14.8 Å². The Morgan fingerprint density at radius 3 is 2.28 bits per heavy atom. The first-order valence-electron chi connectivity index (χ1n) is 10.0. The largest absolute Gasteiger partial charge is 0.482 e. The highest BCUT2D eigenvalue weighted by molar-refractivity contribution is 7.89. The number of carbonyl (C=O) groups is 1. The van der Waals surface area contributed by atoms with Crippen LogP contribution in [0.2, 0.25) is 5.02 Å². The van der Waals surface area contributed by atoms with Crippen molar-refractivity contribution in [3.63, 3.8) is 0 Å². The Labute approximate surface area is 193 Å². The Hall–Kier alpha value is -2.87. The van der Waals surface area contributed by atoms with E-state index in [1.54, 1.807) is 6.92 Å². The van der Waals surface area contributed by atoms with Crippen LogP contribution in [0.3, 0.4) is 0 Å². The minimum Gasteiger partial charge on any atom is -0.482 e. The molecule has 0 saturated heterocycles. The second kappa shape index (κ2) is 10.2. The smallest absolute Gasteiger partial charge is 0.262 e. The zero-order chi connectivity index (χ0) is 23.3. The van der Waals surface area contributed by atoms with Crippen LogP contribution in [0.25, 0.3) is 0 Å². The number of halogens is 1. The van der Waals surface area contributed by atoms with Gasteiger partial charge in [0.25, 0.3) is 5.91 Å².